The van der Waals surface area contributed by atoms with Crippen LogP contribution in [0.4, 0.5) is 0 Å². The third-order valence-electron chi connectivity index (χ3n) is 2.58. The molecular formula is C10H17N3O. The van der Waals surface area contributed by atoms with Gasteiger partial charge in [0.15, 0.2) is 5.82 Å². The van der Waals surface area contributed by atoms with Gasteiger partial charge < -0.3 is 9.84 Å². The molecule has 0 aromatic carbocycles. The van der Waals surface area contributed by atoms with Crippen molar-refractivity contribution in [2.24, 2.45) is 0 Å². The molecule has 14 heavy (non-hydrogen) atoms. The molecule has 0 bridgehead atoms. The number of nitrogens with one attached hydrogen (secondary N) is 1. The molecule has 1 fully saturated rings. The molecule has 1 atom stereocenters. The number of rotatable bonds is 2. The summed E-state index contributed by atoms with van der Waals surface area (Å²) in [5.41, 5.74) is 0. The van der Waals surface area contributed by atoms with Crippen molar-refractivity contribution >= 4 is 0 Å². The summed E-state index contributed by atoms with van der Waals surface area (Å²) in [5.74, 6) is 1.91. The van der Waals surface area contributed by atoms with Gasteiger partial charge in [-0.15, -0.1) is 0 Å². The predicted octanol–water partition coefficient (Wildman–Crippen LogP) is 2.01. The van der Waals surface area contributed by atoms with Crippen LogP contribution in [-0.2, 0) is 0 Å². The van der Waals surface area contributed by atoms with Gasteiger partial charge in [0.1, 0.15) is 0 Å². The van der Waals surface area contributed by atoms with Crippen LogP contribution in [0.15, 0.2) is 4.52 Å². The molecule has 4 nitrogen and oxygen atoms in total. The fourth-order valence-electron chi connectivity index (χ4n) is 1.69. The van der Waals surface area contributed by atoms with Crippen LogP contribution in [0.1, 0.15) is 56.8 Å². The molecule has 0 saturated carbocycles. The predicted molar refractivity (Wildman–Crippen MR) is 53.0 cm³/mol. The van der Waals surface area contributed by atoms with Gasteiger partial charge in [0.05, 0.1) is 6.04 Å². The number of nitrogens with zero attached hydrogens (tertiary/aromatic N) is 2. The second kappa shape index (κ2) is 4.09. The van der Waals surface area contributed by atoms with E-state index in [1.54, 1.807) is 0 Å². The lowest BCUT2D eigenvalue weighted by molar-refractivity contribution is 0.295. The van der Waals surface area contributed by atoms with E-state index in [1.165, 1.54) is 12.8 Å². The Morgan fingerprint density at radius 3 is 2.86 bits per heavy atom. The Kier molecular flexibility index (Phi) is 2.82. The van der Waals surface area contributed by atoms with Crippen LogP contribution in [0.25, 0.3) is 0 Å². The van der Waals surface area contributed by atoms with Gasteiger partial charge in [-0.1, -0.05) is 25.4 Å². The lowest BCUT2D eigenvalue weighted by atomic mass is 10.1. The summed E-state index contributed by atoms with van der Waals surface area (Å²) in [6, 6.07) is 0.281. The topological polar surface area (TPSA) is 51.0 Å². The maximum absolute atomic E-state index is 5.24. The number of hydrogen-bond acceptors (Lipinski definition) is 4. The van der Waals surface area contributed by atoms with Crippen molar-refractivity contribution in [3.05, 3.63) is 11.7 Å². The van der Waals surface area contributed by atoms with Crippen LogP contribution in [0, 0.1) is 0 Å². The molecule has 0 spiro atoms. The van der Waals surface area contributed by atoms with Gasteiger partial charge in [0.2, 0.25) is 5.89 Å². The van der Waals surface area contributed by atoms with Crippen LogP contribution in [0.5, 0.6) is 0 Å². The third kappa shape index (κ3) is 1.95. The lowest BCUT2D eigenvalue weighted by Crippen LogP contribution is -2.27. The minimum absolute atomic E-state index is 0.281. The van der Waals surface area contributed by atoms with Crippen molar-refractivity contribution in [2.75, 3.05) is 6.54 Å². The van der Waals surface area contributed by atoms with Gasteiger partial charge in [-0.25, -0.2) is 0 Å². The summed E-state index contributed by atoms with van der Waals surface area (Å²) in [4.78, 5) is 4.39. The summed E-state index contributed by atoms with van der Waals surface area (Å²) in [6.07, 6.45) is 3.61. The average molecular weight is 195 g/mol. The molecule has 0 aliphatic carbocycles. The molecule has 2 rings (SSSR count). The van der Waals surface area contributed by atoms with Gasteiger partial charge >= 0.3 is 0 Å². The normalized spacial score (nSPS) is 22.9. The van der Waals surface area contributed by atoms with Crippen LogP contribution in [0.3, 0.4) is 0 Å². The van der Waals surface area contributed by atoms with Crippen LogP contribution >= 0.6 is 0 Å². The second-order valence-corrected chi connectivity index (χ2v) is 4.15. The molecule has 1 unspecified atom stereocenters. The summed E-state index contributed by atoms with van der Waals surface area (Å²) >= 11 is 0. The highest BCUT2D eigenvalue weighted by molar-refractivity contribution is 4.97. The van der Waals surface area contributed by atoms with Crippen molar-refractivity contribution in [3.8, 4) is 0 Å². The Morgan fingerprint density at radius 1 is 1.43 bits per heavy atom. The zero-order chi connectivity index (χ0) is 9.97. The van der Waals surface area contributed by atoms with Crippen molar-refractivity contribution in [3.63, 3.8) is 0 Å². The average Bonchev–Trinajstić information content (AvgIpc) is 2.68. The molecule has 78 valence electrons. The van der Waals surface area contributed by atoms with E-state index >= 15 is 0 Å². The molecular weight excluding hydrogens is 178 g/mol. The molecule has 2 heterocycles. The van der Waals surface area contributed by atoms with E-state index in [0.29, 0.717) is 5.92 Å². The SMILES string of the molecule is CC(C)c1noc(C2CCCCN2)n1. The van der Waals surface area contributed by atoms with Gasteiger partial charge in [-0.3, -0.25) is 0 Å². The van der Waals surface area contributed by atoms with Crippen molar-refractivity contribution in [2.45, 2.75) is 45.1 Å². The van der Waals surface area contributed by atoms with E-state index in [1.807, 2.05) is 0 Å². The van der Waals surface area contributed by atoms with Crippen molar-refractivity contribution < 1.29 is 4.52 Å². The van der Waals surface area contributed by atoms with Crippen LogP contribution in [0.2, 0.25) is 0 Å². The third-order valence-corrected chi connectivity index (χ3v) is 2.58. The zero-order valence-corrected chi connectivity index (χ0v) is 8.79. The standard InChI is InChI=1S/C10H17N3O/c1-7(2)9-12-10(14-13-9)8-5-3-4-6-11-8/h7-8,11H,3-6H2,1-2H3. The highest BCUT2D eigenvalue weighted by atomic mass is 16.5. The minimum atomic E-state index is 0.281. The first-order chi connectivity index (χ1) is 6.77. The van der Waals surface area contributed by atoms with E-state index in [9.17, 15) is 0 Å². The molecule has 1 saturated heterocycles. The van der Waals surface area contributed by atoms with Crippen LogP contribution in [-0.4, -0.2) is 16.7 Å². The van der Waals surface area contributed by atoms with Gasteiger partial charge in [0.25, 0.3) is 0 Å². The Hall–Kier alpha value is -0.900. The maximum Gasteiger partial charge on any atom is 0.243 e. The van der Waals surface area contributed by atoms with E-state index in [2.05, 4.69) is 29.3 Å². The number of piperidine rings is 1. The summed E-state index contributed by atoms with van der Waals surface area (Å²) in [7, 11) is 0. The van der Waals surface area contributed by atoms with Crippen molar-refractivity contribution in [1.82, 2.24) is 15.5 Å². The quantitative estimate of drug-likeness (QED) is 0.784. The smallest absolute Gasteiger partial charge is 0.243 e. The first-order valence-electron chi connectivity index (χ1n) is 5.34. The number of hydrogen-bond donors (Lipinski definition) is 1. The molecule has 1 N–H and O–H groups in total. The van der Waals surface area contributed by atoms with Gasteiger partial charge in [-0.05, 0) is 19.4 Å². The van der Waals surface area contributed by atoms with E-state index < -0.39 is 0 Å². The Balaban J connectivity index is 2.07. The molecule has 0 radical (unpaired) electrons. The van der Waals surface area contributed by atoms with Crippen molar-refractivity contribution in [1.29, 1.82) is 0 Å². The first-order valence-corrected chi connectivity index (χ1v) is 5.34. The first kappa shape index (κ1) is 9.65. The van der Waals surface area contributed by atoms with Gasteiger partial charge in [-0.2, -0.15) is 4.98 Å². The highest BCUT2D eigenvalue weighted by Crippen LogP contribution is 2.22. The monoisotopic (exact) mass is 195 g/mol. The van der Waals surface area contributed by atoms with E-state index in [-0.39, 0.29) is 6.04 Å². The highest BCUT2D eigenvalue weighted by Gasteiger charge is 2.21. The van der Waals surface area contributed by atoms with Crippen LogP contribution < -0.4 is 5.32 Å². The van der Waals surface area contributed by atoms with Gasteiger partial charge in [0, 0.05) is 5.92 Å². The summed E-state index contributed by atoms with van der Waals surface area (Å²) in [6.45, 7) is 5.20. The van der Waals surface area contributed by atoms with E-state index in [4.69, 9.17) is 4.52 Å². The maximum atomic E-state index is 5.24. The molecule has 4 heteroatoms. The minimum Gasteiger partial charge on any atom is -0.338 e. The molecule has 1 aliphatic heterocycles. The Labute approximate surface area is 84.1 Å². The molecule has 1 aliphatic rings. The largest absolute Gasteiger partial charge is 0.338 e. The number of aromatic nitrogens is 2. The fraction of sp³-hybridized carbons (Fsp3) is 0.800. The molecule has 1 aromatic rings. The molecule has 0 amide bonds. The Bertz CT molecular complexity index is 289. The summed E-state index contributed by atoms with van der Waals surface area (Å²) in [5, 5.41) is 7.36. The second-order valence-electron chi connectivity index (χ2n) is 4.15. The molecule has 1 aromatic heterocycles. The lowest BCUT2D eigenvalue weighted by Gasteiger charge is -2.19. The van der Waals surface area contributed by atoms with E-state index in [0.717, 1.165) is 24.7 Å². The zero-order valence-electron chi connectivity index (χ0n) is 8.79. The Morgan fingerprint density at radius 2 is 2.29 bits per heavy atom. The summed E-state index contributed by atoms with van der Waals surface area (Å²) < 4.78 is 5.24. The fourth-order valence-corrected chi connectivity index (χ4v) is 1.69.